The van der Waals surface area contributed by atoms with E-state index in [4.69, 9.17) is 4.74 Å². The van der Waals surface area contributed by atoms with Gasteiger partial charge < -0.3 is 15.0 Å². The van der Waals surface area contributed by atoms with Crippen LogP contribution in [0.1, 0.15) is 36.5 Å². The van der Waals surface area contributed by atoms with Gasteiger partial charge in [-0.1, -0.05) is 24.3 Å². The third-order valence-corrected chi connectivity index (χ3v) is 4.70. The van der Waals surface area contributed by atoms with Gasteiger partial charge in [-0.2, -0.15) is 0 Å². The maximum atomic E-state index is 12.5. The van der Waals surface area contributed by atoms with Crippen LogP contribution in [-0.4, -0.2) is 43.6 Å². The number of piperidine rings is 1. The molecule has 1 amide bonds. The molecule has 3 rings (SSSR count). The molecule has 2 heterocycles. The zero-order valence-corrected chi connectivity index (χ0v) is 12.7. The van der Waals surface area contributed by atoms with Crippen LogP contribution in [0.4, 0.5) is 0 Å². The lowest BCUT2D eigenvalue weighted by Gasteiger charge is -2.33. The van der Waals surface area contributed by atoms with Crippen LogP contribution in [0.2, 0.25) is 0 Å². The first kappa shape index (κ1) is 14.5. The summed E-state index contributed by atoms with van der Waals surface area (Å²) >= 11 is 0. The van der Waals surface area contributed by atoms with Crippen molar-refractivity contribution in [2.45, 2.75) is 37.8 Å². The summed E-state index contributed by atoms with van der Waals surface area (Å²) in [6, 6.07) is 8.70. The lowest BCUT2D eigenvalue weighted by molar-refractivity contribution is -0.135. The second kappa shape index (κ2) is 6.58. The molecule has 0 aromatic heterocycles. The van der Waals surface area contributed by atoms with E-state index in [2.05, 4.69) is 23.5 Å². The van der Waals surface area contributed by atoms with Gasteiger partial charge in [0, 0.05) is 13.1 Å². The molecule has 1 aromatic rings. The van der Waals surface area contributed by atoms with Gasteiger partial charge in [0.15, 0.2) is 0 Å². The molecule has 0 bridgehead atoms. The van der Waals surface area contributed by atoms with Crippen LogP contribution in [-0.2, 0) is 16.0 Å². The molecule has 1 aromatic carbocycles. The zero-order valence-electron chi connectivity index (χ0n) is 12.7. The number of carbonyl (C=O) groups is 1. The lowest BCUT2D eigenvalue weighted by atomic mass is 9.95. The summed E-state index contributed by atoms with van der Waals surface area (Å²) in [4.78, 5) is 14.5. The quantitative estimate of drug-likeness (QED) is 0.923. The van der Waals surface area contributed by atoms with Gasteiger partial charge >= 0.3 is 0 Å². The zero-order chi connectivity index (χ0) is 14.7. The molecule has 0 spiro atoms. The molecule has 1 saturated heterocycles. The number of rotatable bonds is 3. The molecule has 21 heavy (non-hydrogen) atoms. The highest BCUT2D eigenvalue weighted by atomic mass is 16.5. The molecule has 114 valence electrons. The van der Waals surface area contributed by atoms with E-state index < -0.39 is 0 Å². The van der Waals surface area contributed by atoms with Crippen LogP contribution in [0.15, 0.2) is 24.3 Å². The number of hydrogen-bond donors (Lipinski definition) is 1. The molecule has 1 fully saturated rings. The highest BCUT2D eigenvalue weighted by Gasteiger charge is 2.27. The molecular weight excluding hydrogens is 264 g/mol. The average Bonchev–Trinajstić information content (AvgIpc) is 2.55. The van der Waals surface area contributed by atoms with Crippen molar-refractivity contribution in [3.05, 3.63) is 35.4 Å². The molecule has 1 unspecified atom stereocenters. The van der Waals surface area contributed by atoms with Gasteiger partial charge in [-0.25, -0.2) is 0 Å². The fraction of sp³-hybridized carbons (Fsp3) is 0.588. The van der Waals surface area contributed by atoms with Crippen molar-refractivity contribution in [2.75, 3.05) is 26.7 Å². The summed E-state index contributed by atoms with van der Waals surface area (Å²) in [6.45, 7) is 2.72. The van der Waals surface area contributed by atoms with Gasteiger partial charge in [-0.15, -0.1) is 0 Å². The summed E-state index contributed by atoms with van der Waals surface area (Å²) in [5.41, 5.74) is 2.52. The summed E-state index contributed by atoms with van der Waals surface area (Å²) < 4.78 is 5.85. The lowest BCUT2D eigenvalue weighted by Crippen LogP contribution is -2.44. The van der Waals surface area contributed by atoms with Crippen LogP contribution >= 0.6 is 0 Å². The first-order chi connectivity index (χ1) is 10.3. The molecular formula is C17H24N2O2. The summed E-state index contributed by atoms with van der Waals surface area (Å²) in [7, 11) is 1.94. The van der Waals surface area contributed by atoms with Gasteiger partial charge in [-0.3, -0.25) is 4.79 Å². The van der Waals surface area contributed by atoms with Crippen molar-refractivity contribution in [1.82, 2.24) is 10.2 Å². The third-order valence-electron chi connectivity index (χ3n) is 4.70. The largest absolute Gasteiger partial charge is 0.373 e. The van der Waals surface area contributed by atoms with Crippen molar-refractivity contribution in [3.8, 4) is 0 Å². The normalized spacial score (nSPS) is 22.6. The number of fused-ring (bicyclic) bond motifs is 1. The number of carbonyl (C=O) groups excluding carboxylic acids is 1. The van der Waals surface area contributed by atoms with Gasteiger partial charge in [0.05, 0.1) is 19.1 Å². The summed E-state index contributed by atoms with van der Waals surface area (Å²) in [6.07, 6.45) is 3.42. The first-order valence-corrected chi connectivity index (χ1v) is 7.91. The second-order valence-corrected chi connectivity index (χ2v) is 6.00. The van der Waals surface area contributed by atoms with Crippen LogP contribution < -0.4 is 5.32 Å². The molecule has 4 nitrogen and oxygen atoms in total. The molecule has 2 aliphatic rings. The Bertz CT molecular complexity index is 497. The molecule has 4 heteroatoms. The average molecular weight is 288 g/mol. The van der Waals surface area contributed by atoms with Crippen LogP contribution in [0.5, 0.6) is 0 Å². The van der Waals surface area contributed by atoms with Gasteiger partial charge in [-0.05, 0) is 43.5 Å². The van der Waals surface area contributed by atoms with E-state index in [1.165, 1.54) is 11.1 Å². The topological polar surface area (TPSA) is 41.6 Å². The van der Waals surface area contributed by atoms with Crippen LogP contribution in [0.25, 0.3) is 0 Å². The van der Waals surface area contributed by atoms with Crippen molar-refractivity contribution < 1.29 is 9.53 Å². The Kier molecular flexibility index (Phi) is 4.56. The Labute approximate surface area is 126 Å². The SMILES string of the molecule is CN(C(=O)CC1OCCc2ccccc21)C1CCNCC1. The van der Waals surface area contributed by atoms with E-state index in [-0.39, 0.29) is 12.0 Å². The molecule has 0 radical (unpaired) electrons. The van der Waals surface area contributed by atoms with E-state index in [0.29, 0.717) is 19.1 Å². The number of hydrogen-bond acceptors (Lipinski definition) is 3. The van der Waals surface area contributed by atoms with Gasteiger partial charge in [0.2, 0.25) is 5.91 Å². The first-order valence-electron chi connectivity index (χ1n) is 7.91. The number of benzene rings is 1. The maximum Gasteiger partial charge on any atom is 0.225 e. The third kappa shape index (κ3) is 3.27. The predicted molar refractivity (Wildman–Crippen MR) is 82.1 cm³/mol. The molecule has 0 saturated carbocycles. The number of amides is 1. The van der Waals surface area contributed by atoms with Crippen molar-refractivity contribution >= 4 is 5.91 Å². The molecule has 2 aliphatic heterocycles. The maximum absolute atomic E-state index is 12.5. The predicted octanol–water partition coefficient (Wildman–Crippen LogP) is 1.90. The Morgan fingerprint density at radius 2 is 2.10 bits per heavy atom. The highest BCUT2D eigenvalue weighted by molar-refractivity contribution is 5.77. The highest BCUT2D eigenvalue weighted by Crippen LogP contribution is 2.30. The second-order valence-electron chi connectivity index (χ2n) is 6.00. The van der Waals surface area contributed by atoms with E-state index in [0.717, 1.165) is 32.4 Å². The Balaban J connectivity index is 1.65. The summed E-state index contributed by atoms with van der Waals surface area (Å²) in [5.74, 6) is 0.198. The number of ether oxygens (including phenoxy) is 1. The minimum atomic E-state index is -0.0772. The van der Waals surface area contributed by atoms with Crippen LogP contribution in [0, 0.1) is 0 Å². The van der Waals surface area contributed by atoms with Crippen LogP contribution in [0.3, 0.4) is 0 Å². The van der Waals surface area contributed by atoms with Crippen molar-refractivity contribution in [1.29, 1.82) is 0 Å². The van der Waals surface area contributed by atoms with Gasteiger partial charge in [0.25, 0.3) is 0 Å². The van der Waals surface area contributed by atoms with E-state index in [9.17, 15) is 4.79 Å². The Hall–Kier alpha value is -1.39. The minimum absolute atomic E-state index is 0.0772. The van der Waals surface area contributed by atoms with E-state index in [1.54, 1.807) is 0 Å². The monoisotopic (exact) mass is 288 g/mol. The molecule has 1 N–H and O–H groups in total. The van der Waals surface area contributed by atoms with E-state index in [1.807, 2.05) is 18.0 Å². The smallest absolute Gasteiger partial charge is 0.225 e. The molecule has 1 atom stereocenters. The molecule has 0 aliphatic carbocycles. The summed E-state index contributed by atoms with van der Waals surface area (Å²) in [5, 5.41) is 3.34. The van der Waals surface area contributed by atoms with E-state index >= 15 is 0 Å². The Morgan fingerprint density at radius 3 is 2.90 bits per heavy atom. The minimum Gasteiger partial charge on any atom is -0.373 e. The van der Waals surface area contributed by atoms with Crippen molar-refractivity contribution in [2.24, 2.45) is 0 Å². The fourth-order valence-corrected chi connectivity index (χ4v) is 3.35. The number of nitrogens with zero attached hydrogens (tertiary/aromatic N) is 1. The standard InChI is InChI=1S/C17H24N2O2/c1-19(14-6-9-18-10-7-14)17(20)12-16-15-5-3-2-4-13(15)8-11-21-16/h2-5,14,16,18H,6-12H2,1H3. The van der Waals surface area contributed by atoms with Crippen molar-refractivity contribution in [3.63, 3.8) is 0 Å². The number of nitrogens with one attached hydrogen (secondary N) is 1. The van der Waals surface area contributed by atoms with Gasteiger partial charge in [0.1, 0.15) is 0 Å². The fourth-order valence-electron chi connectivity index (χ4n) is 3.35. The Morgan fingerprint density at radius 1 is 1.33 bits per heavy atom.